The Morgan fingerprint density at radius 1 is 1.33 bits per heavy atom. The van der Waals surface area contributed by atoms with E-state index in [-0.39, 0.29) is 6.04 Å². The highest BCUT2D eigenvalue weighted by Crippen LogP contribution is 2.38. The summed E-state index contributed by atoms with van der Waals surface area (Å²) in [5, 5.41) is 5.92. The van der Waals surface area contributed by atoms with Gasteiger partial charge in [0.05, 0.1) is 11.6 Å². The van der Waals surface area contributed by atoms with Gasteiger partial charge < -0.3 is 15.4 Å². The van der Waals surface area contributed by atoms with Crippen LogP contribution in [0, 0.1) is 0 Å². The Balaban J connectivity index is 2.29. The number of alkyl halides is 3. The molecule has 0 bridgehead atoms. The summed E-state index contributed by atoms with van der Waals surface area (Å²) in [7, 11) is 0. The second-order valence-corrected chi connectivity index (χ2v) is 6.98. The van der Waals surface area contributed by atoms with Crippen molar-refractivity contribution in [3.05, 3.63) is 29.3 Å². The number of carbonyl (C=O) groups is 1. The van der Waals surface area contributed by atoms with Gasteiger partial charge in [0.15, 0.2) is 0 Å². The molecular weight excluding hydrogens is 321 g/mol. The van der Waals surface area contributed by atoms with Crippen LogP contribution in [0.5, 0.6) is 0 Å². The number of nitrogens with one attached hydrogen (secondary N) is 2. The lowest BCUT2D eigenvalue weighted by atomic mass is 9.90. The molecule has 1 amide bonds. The highest BCUT2D eigenvalue weighted by Gasteiger charge is 2.34. The van der Waals surface area contributed by atoms with Gasteiger partial charge in [0, 0.05) is 11.7 Å². The third-order valence-electron chi connectivity index (χ3n) is 3.82. The maximum absolute atomic E-state index is 13.0. The summed E-state index contributed by atoms with van der Waals surface area (Å²) in [5.41, 5.74) is -0.353. The summed E-state index contributed by atoms with van der Waals surface area (Å²) in [6, 6.07) is 3.12. The lowest BCUT2D eigenvalue weighted by Crippen LogP contribution is -2.39. The van der Waals surface area contributed by atoms with Crippen LogP contribution in [0.1, 0.15) is 57.7 Å². The minimum Gasteiger partial charge on any atom is -0.444 e. The van der Waals surface area contributed by atoms with E-state index in [4.69, 9.17) is 4.74 Å². The number of carbonyl (C=O) groups excluding carboxylic acids is 1. The zero-order chi connectivity index (χ0) is 18.1. The molecule has 1 heterocycles. The number of halogens is 3. The third kappa shape index (κ3) is 4.55. The monoisotopic (exact) mass is 344 g/mol. The van der Waals surface area contributed by atoms with E-state index in [0.29, 0.717) is 17.7 Å². The summed E-state index contributed by atoms with van der Waals surface area (Å²) in [6.07, 6.45) is -3.75. The van der Waals surface area contributed by atoms with Crippen LogP contribution >= 0.6 is 0 Å². The predicted octanol–water partition coefficient (Wildman–Crippen LogP) is 4.87. The zero-order valence-electron chi connectivity index (χ0n) is 14.3. The van der Waals surface area contributed by atoms with Gasteiger partial charge in [0.2, 0.25) is 0 Å². The van der Waals surface area contributed by atoms with Gasteiger partial charge in [0.1, 0.15) is 5.60 Å². The summed E-state index contributed by atoms with van der Waals surface area (Å²) >= 11 is 0. The van der Waals surface area contributed by atoms with Crippen molar-refractivity contribution in [2.75, 3.05) is 5.32 Å². The van der Waals surface area contributed by atoms with Crippen LogP contribution in [0.25, 0.3) is 0 Å². The molecule has 1 unspecified atom stereocenters. The number of benzene rings is 1. The maximum Gasteiger partial charge on any atom is 0.416 e. The first-order valence-electron chi connectivity index (χ1n) is 7.97. The highest BCUT2D eigenvalue weighted by atomic mass is 19.4. The lowest BCUT2D eigenvalue weighted by Gasteiger charge is -2.34. The normalized spacial score (nSPS) is 20.8. The molecule has 1 aromatic carbocycles. The first kappa shape index (κ1) is 18.4. The van der Waals surface area contributed by atoms with Crippen molar-refractivity contribution in [2.45, 2.75) is 64.4 Å². The first-order chi connectivity index (χ1) is 11.0. The molecule has 1 aliphatic rings. The van der Waals surface area contributed by atoms with Gasteiger partial charge in [-0.05, 0) is 57.4 Å². The van der Waals surface area contributed by atoms with E-state index in [9.17, 15) is 18.0 Å². The lowest BCUT2D eigenvalue weighted by molar-refractivity contribution is -0.137. The van der Waals surface area contributed by atoms with Crippen LogP contribution < -0.4 is 10.6 Å². The molecule has 4 nitrogen and oxygen atoms in total. The van der Waals surface area contributed by atoms with Crippen molar-refractivity contribution >= 4 is 11.8 Å². The van der Waals surface area contributed by atoms with Gasteiger partial charge in [-0.15, -0.1) is 0 Å². The Kier molecular flexibility index (Phi) is 5.01. The molecule has 1 aliphatic heterocycles. The van der Waals surface area contributed by atoms with Crippen LogP contribution in [-0.2, 0) is 10.9 Å². The van der Waals surface area contributed by atoms with E-state index in [0.717, 1.165) is 18.6 Å². The Bertz CT molecular complexity index is 609. The van der Waals surface area contributed by atoms with Crippen LogP contribution in [0.15, 0.2) is 18.2 Å². The number of anilines is 1. The smallest absolute Gasteiger partial charge is 0.416 e. The van der Waals surface area contributed by atoms with Gasteiger partial charge in [-0.3, -0.25) is 0 Å². The summed E-state index contributed by atoms with van der Waals surface area (Å²) < 4.78 is 44.2. The molecule has 2 rings (SSSR count). The van der Waals surface area contributed by atoms with E-state index < -0.39 is 29.5 Å². The summed E-state index contributed by atoms with van der Waals surface area (Å²) in [6.45, 7) is 7.19. The van der Waals surface area contributed by atoms with Gasteiger partial charge in [0.25, 0.3) is 0 Å². The number of rotatable bonds is 2. The van der Waals surface area contributed by atoms with E-state index in [1.54, 1.807) is 20.8 Å². The predicted molar refractivity (Wildman–Crippen MR) is 85.9 cm³/mol. The third-order valence-corrected chi connectivity index (χ3v) is 3.82. The summed E-state index contributed by atoms with van der Waals surface area (Å²) in [4.78, 5) is 12.0. The molecule has 0 fully saturated rings. The minimum absolute atomic E-state index is 0.0779. The zero-order valence-corrected chi connectivity index (χ0v) is 14.3. The van der Waals surface area contributed by atoms with Crippen LogP contribution in [0.4, 0.5) is 23.7 Å². The van der Waals surface area contributed by atoms with E-state index in [1.807, 2.05) is 6.92 Å². The fourth-order valence-electron chi connectivity index (χ4n) is 2.70. The Morgan fingerprint density at radius 2 is 2.00 bits per heavy atom. The van der Waals surface area contributed by atoms with Crippen LogP contribution in [0.2, 0.25) is 0 Å². The number of fused-ring (bicyclic) bond motifs is 1. The standard InChI is InChI=1S/C17H23F3N2O2/c1-5-11-9-14(22-15(23)24-16(2,3)4)12-8-10(17(18,19)20)6-7-13(12)21-11/h6-8,11,14,21H,5,9H2,1-4H3,(H,22,23)/t11-,14?/m0/s1. The van der Waals surface area contributed by atoms with Gasteiger partial charge in [-0.1, -0.05) is 6.92 Å². The average molecular weight is 344 g/mol. The van der Waals surface area contributed by atoms with Crippen molar-refractivity contribution in [1.29, 1.82) is 0 Å². The largest absolute Gasteiger partial charge is 0.444 e. The topological polar surface area (TPSA) is 50.4 Å². The number of alkyl carbamates (subject to hydrolysis) is 1. The van der Waals surface area contributed by atoms with Crippen LogP contribution in [0.3, 0.4) is 0 Å². The fourth-order valence-corrected chi connectivity index (χ4v) is 2.70. The van der Waals surface area contributed by atoms with Crippen molar-refractivity contribution in [3.63, 3.8) is 0 Å². The molecule has 2 atom stereocenters. The van der Waals surface area contributed by atoms with Gasteiger partial charge >= 0.3 is 12.3 Å². The molecule has 0 aromatic heterocycles. The SMILES string of the molecule is CC[C@H]1CC(NC(=O)OC(C)(C)C)c2cc(C(F)(F)F)ccc2N1. The molecule has 0 radical (unpaired) electrons. The second kappa shape index (κ2) is 6.53. The molecule has 0 aliphatic carbocycles. The average Bonchev–Trinajstić information content (AvgIpc) is 2.43. The highest BCUT2D eigenvalue weighted by molar-refractivity contribution is 5.70. The quantitative estimate of drug-likeness (QED) is 0.805. The molecule has 0 saturated heterocycles. The Hall–Kier alpha value is -1.92. The summed E-state index contributed by atoms with van der Waals surface area (Å²) in [5.74, 6) is 0. The number of hydrogen-bond acceptors (Lipinski definition) is 3. The molecule has 24 heavy (non-hydrogen) atoms. The number of ether oxygens (including phenoxy) is 1. The molecule has 134 valence electrons. The molecule has 0 spiro atoms. The molecule has 1 aromatic rings. The van der Waals surface area contributed by atoms with Crippen LogP contribution in [-0.4, -0.2) is 17.7 Å². The Morgan fingerprint density at radius 3 is 2.54 bits per heavy atom. The van der Waals surface area contributed by atoms with E-state index in [1.165, 1.54) is 6.07 Å². The Labute approximate surface area is 139 Å². The van der Waals surface area contributed by atoms with Crippen molar-refractivity contribution in [2.24, 2.45) is 0 Å². The maximum atomic E-state index is 13.0. The van der Waals surface area contributed by atoms with Crippen molar-refractivity contribution in [3.8, 4) is 0 Å². The van der Waals surface area contributed by atoms with E-state index >= 15 is 0 Å². The second-order valence-electron chi connectivity index (χ2n) is 6.98. The first-order valence-corrected chi connectivity index (χ1v) is 7.97. The van der Waals surface area contributed by atoms with Gasteiger partial charge in [-0.25, -0.2) is 4.79 Å². The molecule has 0 saturated carbocycles. The van der Waals surface area contributed by atoms with Crippen molar-refractivity contribution < 1.29 is 22.7 Å². The van der Waals surface area contributed by atoms with Crippen molar-refractivity contribution in [1.82, 2.24) is 5.32 Å². The molecular formula is C17H23F3N2O2. The van der Waals surface area contributed by atoms with Gasteiger partial charge in [-0.2, -0.15) is 13.2 Å². The molecule has 2 N–H and O–H groups in total. The van der Waals surface area contributed by atoms with E-state index in [2.05, 4.69) is 10.6 Å². The number of hydrogen-bond donors (Lipinski definition) is 2. The fraction of sp³-hybridized carbons (Fsp3) is 0.588. The number of amides is 1. The minimum atomic E-state index is -4.42. The molecule has 7 heteroatoms.